The van der Waals surface area contributed by atoms with Gasteiger partial charge in [0, 0.05) is 38.8 Å². The van der Waals surface area contributed by atoms with Crippen LogP contribution >= 0.6 is 0 Å². The fraction of sp³-hybridized carbons (Fsp3) is 0.833. The minimum atomic E-state index is -3.22. The van der Waals surface area contributed by atoms with Crippen LogP contribution in [0, 0.1) is 0 Å². The maximum Gasteiger partial charge on any atom is 0.320 e. The van der Waals surface area contributed by atoms with Gasteiger partial charge < -0.3 is 14.9 Å². The molecule has 0 aromatic heterocycles. The second-order valence-corrected chi connectivity index (χ2v) is 7.50. The first kappa shape index (κ1) is 16.0. The largest absolute Gasteiger partial charge is 0.481 e. The van der Waals surface area contributed by atoms with Crippen molar-refractivity contribution in [1.29, 1.82) is 0 Å². The Hall–Kier alpha value is -1.35. The molecule has 120 valence electrons. The number of hydrogen-bond acceptors (Lipinski definition) is 4. The van der Waals surface area contributed by atoms with Crippen LogP contribution in [0.2, 0.25) is 0 Å². The van der Waals surface area contributed by atoms with Gasteiger partial charge in [-0.25, -0.2) is 13.2 Å². The third-order valence-electron chi connectivity index (χ3n) is 4.01. The van der Waals surface area contributed by atoms with E-state index in [2.05, 4.69) is 0 Å². The predicted octanol–water partition coefficient (Wildman–Crippen LogP) is -0.377. The Balaban J connectivity index is 1.94. The lowest BCUT2D eigenvalue weighted by molar-refractivity contribution is -0.138. The van der Waals surface area contributed by atoms with Gasteiger partial charge in [-0.2, -0.15) is 4.31 Å². The van der Waals surface area contributed by atoms with Crippen molar-refractivity contribution in [2.45, 2.75) is 25.3 Å². The number of aliphatic carboxylic acids is 1. The molecule has 0 spiro atoms. The Bertz CT molecular complexity index is 513. The van der Waals surface area contributed by atoms with E-state index in [1.807, 2.05) is 0 Å². The summed E-state index contributed by atoms with van der Waals surface area (Å²) in [4.78, 5) is 26.5. The zero-order valence-electron chi connectivity index (χ0n) is 12.1. The molecule has 2 aliphatic heterocycles. The number of amides is 2. The first-order valence-electron chi connectivity index (χ1n) is 7.01. The average molecular weight is 319 g/mol. The van der Waals surface area contributed by atoms with E-state index in [-0.39, 0.29) is 18.5 Å². The minimum Gasteiger partial charge on any atom is -0.481 e. The van der Waals surface area contributed by atoms with E-state index in [0.717, 1.165) is 12.7 Å². The monoisotopic (exact) mass is 319 g/mol. The molecule has 2 fully saturated rings. The molecule has 0 saturated carbocycles. The Labute approximate surface area is 124 Å². The molecule has 0 aromatic carbocycles. The van der Waals surface area contributed by atoms with Gasteiger partial charge in [0.25, 0.3) is 0 Å². The fourth-order valence-electron chi connectivity index (χ4n) is 2.89. The zero-order chi connectivity index (χ0) is 15.6. The molecule has 0 radical (unpaired) electrons. The van der Waals surface area contributed by atoms with E-state index in [0.29, 0.717) is 39.1 Å². The first-order valence-corrected chi connectivity index (χ1v) is 8.86. The number of urea groups is 1. The number of carbonyl (C=O) groups is 2. The third-order valence-corrected chi connectivity index (χ3v) is 5.31. The summed E-state index contributed by atoms with van der Waals surface area (Å²) in [5, 5.41) is 8.88. The van der Waals surface area contributed by atoms with Gasteiger partial charge in [0.1, 0.15) is 0 Å². The van der Waals surface area contributed by atoms with Gasteiger partial charge in [0.15, 0.2) is 0 Å². The summed E-state index contributed by atoms with van der Waals surface area (Å²) in [6, 6.07) is -0.421. The molecule has 1 N–H and O–H groups in total. The summed E-state index contributed by atoms with van der Waals surface area (Å²) in [5.74, 6) is -0.901. The number of piperazine rings is 1. The van der Waals surface area contributed by atoms with E-state index in [9.17, 15) is 18.0 Å². The molecule has 1 atom stereocenters. The molecule has 1 unspecified atom stereocenters. The predicted molar refractivity (Wildman–Crippen MR) is 75.4 cm³/mol. The van der Waals surface area contributed by atoms with Crippen LogP contribution in [0.25, 0.3) is 0 Å². The van der Waals surface area contributed by atoms with Gasteiger partial charge in [-0.3, -0.25) is 4.79 Å². The lowest BCUT2D eigenvalue weighted by atomic mass is 10.1. The van der Waals surface area contributed by atoms with Crippen LogP contribution in [0.1, 0.15) is 19.3 Å². The Morgan fingerprint density at radius 3 is 2.29 bits per heavy atom. The van der Waals surface area contributed by atoms with Crippen LogP contribution in [0.4, 0.5) is 4.79 Å². The number of sulfonamides is 1. The molecule has 21 heavy (non-hydrogen) atoms. The van der Waals surface area contributed by atoms with Crippen molar-refractivity contribution in [2.75, 3.05) is 39.0 Å². The van der Waals surface area contributed by atoms with Gasteiger partial charge >= 0.3 is 12.0 Å². The number of likely N-dealkylation sites (tertiary alicyclic amines) is 1. The summed E-state index contributed by atoms with van der Waals surface area (Å²) in [5.41, 5.74) is 0. The number of carbonyl (C=O) groups excluding carboxylic acids is 1. The average Bonchev–Trinajstić information content (AvgIpc) is 2.84. The molecule has 0 bridgehead atoms. The van der Waals surface area contributed by atoms with E-state index in [1.165, 1.54) is 4.31 Å². The first-order chi connectivity index (χ1) is 9.79. The van der Waals surface area contributed by atoms with Crippen LogP contribution in [-0.4, -0.2) is 84.7 Å². The standard InChI is InChI=1S/C12H21N3O5S/c1-21(19,20)14-7-5-13(6-8-14)12(18)15-4-2-3-10(15)9-11(16)17/h10H,2-9H2,1H3,(H,16,17). The summed E-state index contributed by atoms with van der Waals surface area (Å²) in [6.45, 7) is 1.86. The van der Waals surface area contributed by atoms with Gasteiger partial charge in [-0.1, -0.05) is 0 Å². The highest BCUT2D eigenvalue weighted by Gasteiger charge is 2.35. The van der Waals surface area contributed by atoms with Crippen molar-refractivity contribution in [3.63, 3.8) is 0 Å². The molecular formula is C12H21N3O5S. The second-order valence-electron chi connectivity index (χ2n) is 5.52. The normalized spacial score (nSPS) is 24.3. The van der Waals surface area contributed by atoms with Crippen molar-refractivity contribution in [3.8, 4) is 0 Å². The highest BCUT2D eigenvalue weighted by atomic mass is 32.2. The van der Waals surface area contributed by atoms with Crippen LogP contribution < -0.4 is 0 Å². The molecule has 2 saturated heterocycles. The fourth-order valence-corrected chi connectivity index (χ4v) is 3.72. The Morgan fingerprint density at radius 1 is 1.14 bits per heavy atom. The van der Waals surface area contributed by atoms with Crippen molar-refractivity contribution < 1.29 is 23.1 Å². The second kappa shape index (κ2) is 6.18. The van der Waals surface area contributed by atoms with Crippen LogP contribution in [-0.2, 0) is 14.8 Å². The van der Waals surface area contributed by atoms with Gasteiger partial charge in [-0.05, 0) is 12.8 Å². The van der Waals surface area contributed by atoms with Crippen molar-refractivity contribution >= 4 is 22.0 Å². The van der Waals surface area contributed by atoms with Gasteiger partial charge in [0.2, 0.25) is 10.0 Å². The van der Waals surface area contributed by atoms with E-state index < -0.39 is 16.0 Å². The SMILES string of the molecule is CS(=O)(=O)N1CCN(C(=O)N2CCCC2CC(=O)O)CC1. The number of carboxylic acid groups (broad SMARTS) is 1. The highest BCUT2D eigenvalue weighted by Crippen LogP contribution is 2.22. The Kier molecular flexibility index (Phi) is 4.72. The summed E-state index contributed by atoms with van der Waals surface area (Å²) in [7, 11) is -3.22. The van der Waals surface area contributed by atoms with Gasteiger partial charge in [-0.15, -0.1) is 0 Å². The number of rotatable bonds is 3. The number of carboxylic acids is 1. The van der Waals surface area contributed by atoms with Crippen molar-refractivity contribution in [3.05, 3.63) is 0 Å². The van der Waals surface area contributed by atoms with Crippen LogP contribution in [0.3, 0.4) is 0 Å². The van der Waals surface area contributed by atoms with E-state index in [1.54, 1.807) is 9.80 Å². The minimum absolute atomic E-state index is 0.0327. The summed E-state index contributed by atoms with van der Waals surface area (Å²) >= 11 is 0. The number of nitrogens with zero attached hydrogens (tertiary/aromatic N) is 3. The molecule has 2 amide bonds. The molecule has 0 aromatic rings. The third kappa shape index (κ3) is 3.85. The maximum atomic E-state index is 12.4. The Morgan fingerprint density at radius 2 is 1.76 bits per heavy atom. The van der Waals surface area contributed by atoms with Gasteiger partial charge in [0.05, 0.1) is 12.7 Å². The topological polar surface area (TPSA) is 98.2 Å². The number of hydrogen-bond donors (Lipinski definition) is 1. The molecule has 2 heterocycles. The van der Waals surface area contributed by atoms with E-state index in [4.69, 9.17) is 5.11 Å². The van der Waals surface area contributed by atoms with Crippen molar-refractivity contribution in [2.24, 2.45) is 0 Å². The molecule has 9 heteroatoms. The molecule has 2 aliphatic rings. The molecule has 0 aliphatic carbocycles. The van der Waals surface area contributed by atoms with Crippen LogP contribution in [0.15, 0.2) is 0 Å². The summed E-state index contributed by atoms with van der Waals surface area (Å²) < 4.78 is 24.2. The van der Waals surface area contributed by atoms with Crippen LogP contribution in [0.5, 0.6) is 0 Å². The lowest BCUT2D eigenvalue weighted by Gasteiger charge is -2.37. The lowest BCUT2D eigenvalue weighted by Crippen LogP contribution is -2.54. The van der Waals surface area contributed by atoms with E-state index >= 15 is 0 Å². The highest BCUT2D eigenvalue weighted by molar-refractivity contribution is 7.88. The van der Waals surface area contributed by atoms with Crippen molar-refractivity contribution in [1.82, 2.24) is 14.1 Å². The smallest absolute Gasteiger partial charge is 0.320 e. The summed E-state index contributed by atoms with van der Waals surface area (Å²) in [6.07, 6.45) is 2.65. The zero-order valence-corrected chi connectivity index (χ0v) is 12.9. The molecule has 2 rings (SSSR count). The maximum absolute atomic E-state index is 12.4. The molecular weight excluding hydrogens is 298 g/mol. The molecule has 8 nitrogen and oxygen atoms in total. The quantitative estimate of drug-likeness (QED) is 0.765.